The lowest BCUT2D eigenvalue weighted by molar-refractivity contribution is 0.0955. The van der Waals surface area contributed by atoms with Gasteiger partial charge in [0.2, 0.25) is 0 Å². The summed E-state index contributed by atoms with van der Waals surface area (Å²) in [5.41, 5.74) is 7.16. The number of nitrogens with one attached hydrogen (secondary N) is 2. The van der Waals surface area contributed by atoms with Gasteiger partial charge in [0, 0.05) is 23.2 Å². The molecule has 0 aliphatic heterocycles. The second kappa shape index (κ2) is 11.0. The van der Waals surface area contributed by atoms with Crippen LogP contribution in [0, 0.1) is 0 Å². The minimum absolute atomic E-state index is 0.193. The Morgan fingerprint density at radius 3 is 2.50 bits per heavy atom. The van der Waals surface area contributed by atoms with Crippen molar-refractivity contribution in [1.29, 1.82) is 0 Å². The van der Waals surface area contributed by atoms with Gasteiger partial charge in [-0.15, -0.1) is 0 Å². The Bertz CT molecular complexity index is 810. The molecule has 2 rings (SSSR count). The molecule has 0 atom stereocenters. The Morgan fingerprint density at radius 1 is 1.11 bits per heavy atom. The number of amides is 1. The highest BCUT2D eigenvalue weighted by Gasteiger charge is 2.07. The van der Waals surface area contributed by atoms with Crippen LogP contribution in [0.15, 0.2) is 47.5 Å². The fourth-order valence-electron chi connectivity index (χ4n) is 2.37. The SMILES string of the molecule is CCOc1ccc(OCC)c(NC(N)=NCCNC(=O)c2ccc(Cl)cc2)c1. The molecule has 1 amide bonds. The number of hydrogen-bond acceptors (Lipinski definition) is 4. The maximum Gasteiger partial charge on any atom is 0.251 e. The van der Waals surface area contributed by atoms with E-state index in [1.807, 2.05) is 26.0 Å². The first-order valence-electron chi connectivity index (χ1n) is 9.03. The van der Waals surface area contributed by atoms with Crippen LogP contribution in [0.4, 0.5) is 5.69 Å². The summed E-state index contributed by atoms with van der Waals surface area (Å²) in [5, 5.41) is 6.38. The van der Waals surface area contributed by atoms with Crippen molar-refractivity contribution < 1.29 is 14.3 Å². The largest absolute Gasteiger partial charge is 0.494 e. The van der Waals surface area contributed by atoms with Gasteiger partial charge in [0.1, 0.15) is 11.5 Å². The van der Waals surface area contributed by atoms with Gasteiger partial charge in [-0.2, -0.15) is 0 Å². The number of aliphatic imine (C=N–C) groups is 1. The summed E-state index contributed by atoms with van der Waals surface area (Å²) in [7, 11) is 0. The molecule has 2 aromatic rings. The highest BCUT2D eigenvalue weighted by Crippen LogP contribution is 2.29. The number of anilines is 1. The number of nitrogens with two attached hydrogens (primary N) is 1. The summed E-state index contributed by atoms with van der Waals surface area (Å²) in [6.07, 6.45) is 0. The van der Waals surface area contributed by atoms with Gasteiger partial charge in [-0.05, 0) is 50.2 Å². The van der Waals surface area contributed by atoms with E-state index in [1.54, 1.807) is 30.3 Å². The van der Waals surface area contributed by atoms with Crippen molar-refractivity contribution >= 4 is 29.2 Å². The van der Waals surface area contributed by atoms with Gasteiger partial charge >= 0.3 is 0 Å². The van der Waals surface area contributed by atoms with Gasteiger partial charge in [-0.1, -0.05) is 11.6 Å². The van der Waals surface area contributed by atoms with Crippen LogP contribution < -0.4 is 25.8 Å². The predicted octanol–water partition coefficient (Wildman–Crippen LogP) is 3.29. The van der Waals surface area contributed by atoms with E-state index < -0.39 is 0 Å². The Morgan fingerprint density at radius 2 is 1.82 bits per heavy atom. The molecule has 150 valence electrons. The van der Waals surface area contributed by atoms with Gasteiger partial charge in [-0.3, -0.25) is 9.79 Å². The zero-order chi connectivity index (χ0) is 20.4. The van der Waals surface area contributed by atoms with E-state index >= 15 is 0 Å². The number of rotatable bonds is 9. The molecule has 8 heteroatoms. The minimum Gasteiger partial charge on any atom is -0.494 e. The topological polar surface area (TPSA) is 98.0 Å². The van der Waals surface area contributed by atoms with E-state index in [1.165, 1.54) is 0 Å². The summed E-state index contributed by atoms with van der Waals surface area (Å²) in [6.45, 7) is 5.58. The average molecular weight is 405 g/mol. The van der Waals surface area contributed by atoms with Crippen molar-refractivity contribution in [2.45, 2.75) is 13.8 Å². The lowest BCUT2D eigenvalue weighted by Crippen LogP contribution is -2.28. The number of carbonyl (C=O) groups is 1. The maximum absolute atomic E-state index is 12.0. The number of guanidine groups is 1. The fraction of sp³-hybridized carbons (Fsp3) is 0.300. The van der Waals surface area contributed by atoms with E-state index in [9.17, 15) is 4.79 Å². The van der Waals surface area contributed by atoms with Crippen LogP contribution in [0.3, 0.4) is 0 Å². The maximum atomic E-state index is 12.0. The van der Waals surface area contributed by atoms with Crippen LogP contribution in [0.5, 0.6) is 11.5 Å². The van der Waals surface area contributed by atoms with Crippen LogP contribution in [0.1, 0.15) is 24.2 Å². The number of benzene rings is 2. The van der Waals surface area contributed by atoms with Crippen molar-refractivity contribution in [3.05, 3.63) is 53.1 Å². The molecule has 0 aliphatic rings. The van der Waals surface area contributed by atoms with Crippen molar-refractivity contribution in [2.75, 3.05) is 31.6 Å². The van der Waals surface area contributed by atoms with Crippen molar-refractivity contribution in [2.24, 2.45) is 10.7 Å². The Balaban J connectivity index is 1.90. The molecule has 28 heavy (non-hydrogen) atoms. The molecule has 2 aromatic carbocycles. The minimum atomic E-state index is -0.193. The summed E-state index contributed by atoms with van der Waals surface area (Å²) < 4.78 is 11.1. The summed E-state index contributed by atoms with van der Waals surface area (Å²) >= 11 is 5.82. The van der Waals surface area contributed by atoms with E-state index in [4.69, 9.17) is 26.8 Å². The molecule has 0 radical (unpaired) electrons. The standard InChI is InChI=1S/C20H25ClN4O3/c1-3-27-16-9-10-18(28-4-2)17(13-16)25-20(22)24-12-11-23-19(26)14-5-7-15(21)8-6-14/h5-10,13H,3-4,11-12H2,1-2H3,(H,23,26)(H3,22,24,25). The second-order valence-electron chi connectivity index (χ2n) is 5.68. The quantitative estimate of drug-likeness (QED) is 0.338. The summed E-state index contributed by atoms with van der Waals surface area (Å²) in [4.78, 5) is 16.3. The Hall–Kier alpha value is -2.93. The normalized spacial score (nSPS) is 11.0. The second-order valence-corrected chi connectivity index (χ2v) is 6.12. The molecule has 4 N–H and O–H groups in total. The summed E-state index contributed by atoms with van der Waals surface area (Å²) in [5.74, 6) is 1.38. The van der Waals surface area contributed by atoms with Crippen molar-refractivity contribution in [3.63, 3.8) is 0 Å². The van der Waals surface area contributed by atoms with Gasteiger partial charge in [0.05, 0.1) is 25.4 Å². The molecule has 0 fully saturated rings. The molecule has 0 bridgehead atoms. The average Bonchev–Trinajstić information content (AvgIpc) is 2.68. The zero-order valence-corrected chi connectivity index (χ0v) is 16.8. The third-order valence-corrected chi connectivity index (χ3v) is 3.86. The number of halogens is 1. The predicted molar refractivity (Wildman–Crippen MR) is 113 cm³/mol. The molecule has 0 saturated heterocycles. The Labute approximate surface area is 169 Å². The molecule has 0 spiro atoms. The summed E-state index contributed by atoms with van der Waals surface area (Å²) in [6, 6.07) is 12.1. The zero-order valence-electron chi connectivity index (χ0n) is 16.0. The molecule has 0 aromatic heterocycles. The van der Waals surface area contributed by atoms with Crippen LogP contribution in [-0.2, 0) is 0 Å². The molecule has 0 heterocycles. The first-order chi connectivity index (χ1) is 13.5. The van der Waals surface area contributed by atoms with Gasteiger partial charge < -0.3 is 25.8 Å². The number of nitrogens with zero attached hydrogens (tertiary/aromatic N) is 1. The van der Waals surface area contributed by atoms with Crippen molar-refractivity contribution in [1.82, 2.24) is 5.32 Å². The number of ether oxygens (including phenoxy) is 2. The molecular formula is C20H25ClN4O3. The van der Waals surface area contributed by atoms with Crippen molar-refractivity contribution in [3.8, 4) is 11.5 Å². The van der Waals surface area contributed by atoms with Gasteiger partial charge in [0.15, 0.2) is 5.96 Å². The van der Waals surface area contributed by atoms with Crippen LogP contribution >= 0.6 is 11.6 Å². The first kappa shape index (κ1) is 21.4. The van der Waals surface area contributed by atoms with Crippen LogP contribution in [-0.4, -0.2) is 38.2 Å². The first-order valence-corrected chi connectivity index (χ1v) is 9.41. The third-order valence-electron chi connectivity index (χ3n) is 3.61. The van der Waals surface area contributed by atoms with E-state index in [0.29, 0.717) is 54.1 Å². The van der Waals surface area contributed by atoms with E-state index in [-0.39, 0.29) is 11.9 Å². The van der Waals surface area contributed by atoms with Crippen LogP contribution in [0.25, 0.3) is 0 Å². The monoisotopic (exact) mass is 404 g/mol. The fourth-order valence-corrected chi connectivity index (χ4v) is 2.50. The number of hydrogen-bond donors (Lipinski definition) is 3. The van der Waals surface area contributed by atoms with Gasteiger partial charge in [0.25, 0.3) is 5.91 Å². The lowest BCUT2D eigenvalue weighted by Gasteiger charge is -2.14. The molecule has 0 unspecified atom stereocenters. The number of carbonyl (C=O) groups excluding carboxylic acids is 1. The molecule has 0 saturated carbocycles. The van der Waals surface area contributed by atoms with Gasteiger partial charge in [-0.25, -0.2) is 0 Å². The van der Waals surface area contributed by atoms with E-state index in [2.05, 4.69) is 15.6 Å². The lowest BCUT2D eigenvalue weighted by atomic mass is 10.2. The smallest absolute Gasteiger partial charge is 0.251 e. The molecular weight excluding hydrogens is 380 g/mol. The molecule has 7 nitrogen and oxygen atoms in total. The highest BCUT2D eigenvalue weighted by molar-refractivity contribution is 6.30. The highest BCUT2D eigenvalue weighted by atomic mass is 35.5. The third kappa shape index (κ3) is 6.66. The Kier molecular flexibility index (Phi) is 8.42. The van der Waals surface area contributed by atoms with Crippen LogP contribution in [0.2, 0.25) is 5.02 Å². The van der Waals surface area contributed by atoms with E-state index in [0.717, 1.165) is 0 Å². The molecule has 0 aliphatic carbocycles.